The maximum absolute atomic E-state index is 12.6. The first-order chi connectivity index (χ1) is 15.0. The van der Waals surface area contributed by atoms with E-state index in [9.17, 15) is 24.3 Å². The number of unbranched alkanes of at least 4 members (excludes halogenated alkanes) is 1. The average Bonchev–Trinajstić information content (AvgIpc) is 2.73. The van der Waals surface area contributed by atoms with Gasteiger partial charge in [-0.2, -0.15) is 0 Å². The van der Waals surface area contributed by atoms with Gasteiger partial charge in [0.1, 0.15) is 24.2 Å². The summed E-state index contributed by atoms with van der Waals surface area (Å²) in [5.74, 6) is -3.46. The summed E-state index contributed by atoms with van der Waals surface area (Å²) < 4.78 is 0. The van der Waals surface area contributed by atoms with Crippen LogP contribution in [0.2, 0.25) is 0 Å². The van der Waals surface area contributed by atoms with E-state index in [0.717, 1.165) is 0 Å². The van der Waals surface area contributed by atoms with E-state index in [1.165, 1.54) is 6.92 Å². The Labute approximate surface area is 186 Å². The van der Waals surface area contributed by atoms with Crippen molar-refractivity contribution in [1.82, 2.24) is 16.0 Å². The van der Waals surface area contributed by atoms with E-state index in [-0.39, 0.29) is 25.3 Å². The van der Waals surface area contributed by atoms with Gasteiger partial charge in [-0.3, -0.25) is 19.4 Å². The van der Waals surface area contributed by atoms with Crippen LogP contribution in [0.15, 0.2) is 4.99 Å². The van der Waals surface area contributed by atoms with Gasteiger partial charge >= 0.3 is 5.97 Å². The fraction of sp³-hybridized carbons (Fsp3) is 0.722. The molecule has 0 bridgehead atoms. The second-order valence-corrected chi connectivity index (χ2v) is 7.21. The van der Waals surface area contributed by atoms with Crippen molar-refractivity contribution in [3.63, 3.8) is 0 Å². The number of nitrogens with zero attached hydrogens (tertiary/aromatic N) is 1. The van der Waals surface area contributed by atoms with Crippen LogP contribution in [0, 0.1) is 0 Å². The first kappa shape index (κ1) is 29.0. The molecule has 0 aliphatic rings. The summed E-state index contributed by atoms with van der Waals surface area (Å²) in [7, 11) is 0. The van der Waals surface area contributed by atoms with Gasteiger partial charge in [-0.1, -0.05) is 0 Å². The monoisotopic (exact) mass is 460 g/mol. The van der Waals surface area contributed by atoms with E-state index >= 15 is 0 Å². The Kier molecular flexibility index (Phi) is 14.3. The number of carbonyl (C=O) groups is 4. The molecule has 0 spiro atoms. The van der Waals surface area contributed by atoms with Crippen molar-refractivity contribution in [3.8, 4) is 0 Å². The summed E-state index contributed by atoms with van der Waals surface area (Å²) in [6, 6.07) is -4.51. The van der Waals surface area contributed by atoms with Crippen LogP contribution in [0.1, 0.15) is 39.0 Å². The van der Waals surface area contributed by atoms with Crippen LogP contribution in [0.3, 0.4) is 0 Å². The predicted octanol–water partition coefficient (Wildman–Crippen LogP) is -3.95. The number of amides is 3. The Morgan fingerprint density at radius 3 is 2.03 bits per heavy atom. The summed E-state index contributed by atoms with van der Waals surface area (Å²) in [5.41, 5.74) is 21.4. The maximum Gasteiger partial charge on any atom is 0.326 e. The number of nitrogens with one attached hydrogen (secondary N) is 3. The lowest BCUT2D eigenvalue weighted by molar-refractivity contribution is -0.142. The minimum atomic E-state index is -1.23. The summed E-state index contributed by atoms with van der Waals surface area (Å²) >= 11 is 0. The molecule has 14 heteroatoms. The van der Waals surface area contributed by atoms with Crippen molar-refractivity contribution in [1.29, 1.82) is 0 Å². The number of carboxylic acid groups (broad SMARTS) is 1. The molecule has 0 radical (unpaired) electrons. The number of rotatable bonds is 16. The fourth-order valence-corrected chi connectivity index (χ4v) is 2.56. The minimum Gasteiger partial charge on any atom is -0.480 e. The number of aliphatic hydroxyl groups excluding tert-OH is 1. The highest BCUT2D eigenvalue weighted by atomic mass is 16.4. The molecule has 0 aromatic carbocycles. The molecule has 0 heterocycles. The van der Waals surface area contributed by atoms with Crippen molar-refractivity contribution in [2.24, 2.45) is 27.9 Å². The molecule has 4 atom stereocenters. The molecule has 14 nitrogen and oxygen atoms in total. The summed E-state index contributed by atoms with van der Waals surface area (Å²) in [5, 5.41) is 25.5. The molecule has 32 heavy (non-hydrogen) atoms. The number of aliphatic imine (C=N–C) groups is 1. The van der Waals surface area contributed by atoms with Gasteiger partial charge in [-0.05, 0) is 45.6 Å². The van der Waals surface area contributed by atoms with E-state index in [4.69, 9.17) is 28.0 Å². The summed E-state index contributed by atoms with van der Waals surface area (Å²) in [6.07, 6.45) is 1.78. The van der Waals surface area contributed by atoms with E-state index in [1.54, 1.807) is 0 Å². The van der Waals surface area contributed by atoms with Crippen molar-refractivity contribution in [2.75, 3.05) is 19.7 Å². The van der Waals surface area contributed by atoms with Gasteiger partial charge in [-0.15, -0.1) is 0 Å². The molecular formula is C18H36N8O6. The number of aliphatic hydroxyl groups is 1. The Morgan fingerprint density at radius 1 is 0.906 bits per heavy atom. The second-order valence-electron chi connectivity index (χ2n) is 7.21. The third-order valence-corrected chi connectivity index (χ3v) is 4.43. The highest BCUT2D eigenvalue weighted by molar-refractivity contribution is 5.93. The van der Waals surface area contributed by atoms with Gasteiger partial charge in [0.05, 0.1) is 6.61 Å². The molecule has 13 N–H and O–H groups in total. The molecule has 4 unspecified atom stereocenters. The molecule has 0 aromatic heterocycles. The Hall–Kier alpha value is -2.97. The zero-order valence-corrected chi connectivity index (χ0v) is 18.3. The molecule has 0 fully saturated rings. The number of carbonyl (C=O) groups excluding carboxylic acids is 3. The standard InChI is InChI=1S/C18H36N8O6/c1-10(14(28)26-13(17(31)32)5-2-3-7-19)24-16(30)12(6-4-8-23-18(21)22)25-15(29)11(20)9-27/h10-13,27H,2-9,19-20H2,1H3,(H,24,30)(H,25,29)(H,26,28)(H,31,32)(H4,21,22,23). The predicted molar refractivity (Wildman–Crippen MR) is 117 cm³/mol. The topological polar surface area (TPSA) is 261 Å². The number of hydrogen-bond donors (Lipinski definition) is 9. The summed E-state index contributed by atoms with van der Waals surface area (Å²) in [6.45, 7) is 1.37. The van der Waals surface area contributed by atoms with Crippen LogP contribution in [0.5, 0.6) is 0 Å². The maximum atomic E-state index is 12.6. The van der Waals surface area contributed by atoms with Gasteiger partial charge in [0.2, 0.25) is 17.7 Å². The molecule has 0 aliphatic carbocycles. The van der Waals surface area contributed by atoms with E-state index in [0.29, 0.717) is 25.8 Å². The number of nitrogens with two attached hydrogens (primary N) is 4. The van der Waals surface area contributed by atoms with E-state index in [1.807, 2.05) is 0 Å². The highest BCUT2D eigenvalue weighted by Gasteiger charge is 2.27. The Balaban J connectivity index is 5.04. The molecule has 0 aromatic rings. The highest BCUT2D eigenvalue weighted by Crippen LogP contribution is 2.03. The first-order valence-corrected chi connectivity index (χ1v) is 10.3. The largest absolute Gasteiger partial charge is 0.480 e. The van der Waals surface area contributed by atoms with Crippen molar-refractivity contribution < 1.29 is 29.4 Å². The number of hydrogen-bond acceptors (Lipinski definition) is 8. The molecule has 3 amide bonds. The van der Waals surface area contributed by atoms with Crippen LogP contribution in [-0.4, -0.2) is 83.7 Å². The van der Waals surface area contributed by atoms with Crippen molar-refractivity contribution >= 4 is 29.7 Å². The minimum absolute atomic E-state index is 0.123. The van der Waals surface area contributed by atoms with Gasteiger partial charge < -0.3 is 49.1 Å². The zero-order chi connectivity index (χ0) is 24.7. The van der Waals surface area contributed by atoms with Gasteiger partial charge in [0.25, 0.3) is 0 Å². The smallest absolute Gasteiger partial charge is 0.326 e. The molecule has 0 saturated carbocycles. The first-order valence-electron chi connectivity index (χ1n) is 10.3. The Morgan fingerprint density at radius 2 is 1.50 bits per heavy atom. The zero-order valence-electron chi connectivity index (χ0n) is 18.3. The van der Waals surface area contributed by atoms with Crippen molar-refractivity contribution in [2.45, 2.75) is 63.2 Å². The van der Waals surface area contributed by atoms with Gasteiger partial charge in [0, 0.05) is 6.54 Å². The second kappa shape index (κ2) is 15.8. The van der Waals surface area contributed by atoms with Crippen LogP contribution in [0.4, 0.5) is 0 Å². The summed E-state index contributed by atoms with van der Waals surface area (Å²) in [4.78, 5) is 52.1. The van der Waals surface area contributed by atoms with E-state index < -0.39 is 54.5 Å². The number of guanidine groups is 1. The molecule has 0 aliphatic heterocycles. The number of aliphatic carboxylic acids is 1. The molecule has 184 valence electrons. The van der Waals surface area contributed by atoms with Crippen LogP contribution < -0.4 is 38.9 Å². The van der Waals surface area contributed by atoms with Crippen molar-refractivity contribution in [3.05, 3.63) is 0 Å². The third kappa shape index (κ3) is 12.0. The normalized spacial score (nSPS) is 14.4. The lowest BCUT2D eigenvalue weighted by Gasteiger charge is -2.23. The number of carboxylic acids is 1. The SMILES string of the molecule is CC(NC(=O)C(CCCN=C(N)N)NC(=O)C(N)CO)C(=O)NC(CCCCN)C(=O)O. The molecular weight excluding hydrogens is 424 g/mol. The van der Waals surface area contributed by atoms with E-state index in [2.05, 4.69) is 20.9 Å². The fourth-order valence-electron chi connectivity index (χ4n) is 2.56. The third-order valence-electron chi connectivity index (χ3n) is 4.43. The van der Waals surface area contributed by atoms with Crippen LogP contribution in [-0.2, 0) is 19.2 Å². The lowest BCUT2D eigenvalue weighted by atomic mass is 10.1. The van der Waals surface area contributed by atoms with Gasteiger partial charge in [-0.25, -0.2) is 4.79 Å². The van der Waals surface area contributed by atoms with Gasteiger partial charge in [0.15, 0.2) is 5.96 Å². The van der Waals surface area contributed by atoms with Crippen LogP contribution >= 0.6 is 0 Å². The average molecular weight is 461 g/mol. The molecule has 0 rings (SSSR count). The van der Waals surface area contributed by atoms with Crippen LogP contribution in [0.25, 0.3) is 0 Å². The quantitative estimate of drug-likeness (QED) is 0.0612. The lowest BCUT2D eigenvalue weighted by Crippen LogP contribution is -2.56. The Bertz CT molecular complexity index is 655. The molecule has 0 saturated heterocycles.